The first-order valence-electron chi connectivity index (χ1n) is 7.26. The molecule has 1 unspecified atom stereocenters. The number of carbonyl (C=O) groups excluding carboxylic acids is 1. The molecule has 0 aromatic heterocycles. The second-order valence-corrected chi connectivity index (χ2v) is 5.86. The Balaban J connectivity index is 1.78. The van der Waals surface area contributed by atoms with Crippen LogP contribution >= 0.6 is 0 Å². The Bertz CT molecular complexity index is 504. The SMILES string of the molecule is Cc1cc2c(cc1C)CN(C(=O)C1CCCN1)CC2. The first-order valence-corrected chi connectivity index (χ1v) is 7.26. The maximum absolute atomic E-state index is 12.4. The van der Waals surface area contributed by atoms with E-state index in [1.54, 1.807) is 0 Å². The number of nitrogens with zero attached hydrogens (tertiary/aromatic N) is 1. The Labute approximate surface area is 115 Å². The van der Waals surface area contributed by atoms with Crippen molar-refractivity contribution in [2.75, 3.05) is 13.1 Å². The molecule has 0 bridgehead atoms. The molecule has 1 N–H and O–H groups in total. The molecule has 102 valence electrons. The molecule has 0 aliphatic carbocycles. The van der Waals surface area contributed by atoms with Crippen LogP contribution in [0.15, 0.2) is 12.1 Å². The van der Waals surface area contributed by atoms with E-state index in [0.29, 0.717) is 5.91 Å². The van der Waals surface area contributed by atoms with Gasteiger partial charge in [-0.25, -0.2) is 0 Å². The fourth-order valence-electron chi connectivity index (χ4n) is 3.16. The molecule has 3 heteroatoms. The number of carbonyl (C=O) groups is 1. The summed E-state index contributed by atoms with van der Waals surface area (Å²) in [5.74, 6) is 0.293. The predicted octanol–water partition coefficient (Wildman–Crippen LogP) is 1.94. The molecule has 1 fully saturated rings. The normalized spacial score (nSPS) is 22.4. The quantitative estimate of drug-likeness (QED) is 0.835. The fraction of sp³-hybridized carbons (Fsp3) is 0.562. The van der Waals surface area contributed by atoms with Crippen LogP contribution in [0, 0.1) is 13.8 Å². The van der Waals surface area contributed by atoms with Gasteiger partial charge in [-0.3, -0.25) is 4.79 Å². The van der Waals surface area contributed by atoms with Gasteiger partial charge in [0.15, 0.2) is 0 Å². The smallest absolute Gasteiger partial charge is 0.240 e. The van der Waals surface area contributed by atoms with Gasteiger partial charge in [0.05, 0.1) is 6.04 Å². The minimum Gasteiger partial charge on any atom is -0.337 e. The molecule has 2 heterocycles. The van der Waals surface area contributed by atoms with E-state index in [0.717, 1.165) is 38.9 Å². The van der Waals surface area contributed by atoms with Crippen LogP contribution in [-0.4, -0.2) is 29.9 Å². The molecule has 2 aliphatic heterocycles. The van der Waals surface area contributed by atoms with Crippen LogP contribution in [0.5, 0.6) is 0 Å². The lowest BCUT2D eigenvalue weighted by Crippen LogP contribution is -2.45. The van der Waals surface area contributed by atoms with Crippen molar-refractivity contribution in [3.8, 4) is 0 Å². The summed E-state index contributed by atoms with van der Waals surface area (Å²) in [5, 5.41) is 3.31. The topological polar surface area (TPSA) is 32.3 Å². The molecular weight excluding hydrogens is 236 g/mol. The largest absolute Gasteiger partial charge is 0.337 e. The number of fused-ring (bicyclic) bond motifs is 1. The van der Waals surface area contributed by atoms with Gasteiger partial charge in [-0.15, -0.1) is 0 Å². The van der Waals surface area contributed by atoms with Crippen LogP contribution in [0.25, 0.3) is 0 Å². The lowest BCUT2D eigenvalue weighted by atomic mass is 9.94. The highest BCUT2D eigenvalue weighted by molar-refractivity contribution is 5.82. The van der Waals surface area contributed by atoms with Crippen molar-refractivity contribution < 1.29 is 4.79 Å². The lowest BCUT2D eigenvalue weighted by Gasteiger charge is -2.31. The standard InChI is InChI=1S/C16H22N2O/c1-11-8-13-5-7-18(10-14(13)9-12(11)2)16(19)15-4-3-6-17-15/h8-9,15,17H,3-7,10H2,1-2H3. The van der Waals surface area contributed by atoms with Gasteiger partial charge >= 0.3 is 0 Å². The van der Waals surface area contributed by atoms with E-state index in [9.17, 15) is 4.79 Å². The first kappa shape index (κ1) is 12.7. The summed E-state index contributed by atoms with van der Waals surface area (Å²) in [5.41, 5.74) is 5.44. The van der Waals surface area contributed by atoms with Gasteiger partial charge in [0.1, 0.15) is 0 Å². The third-order valence-electron chi connectivity index (χ3n) is 4.50. The third-order valence-corrected chi connectivity index (χ3v) is 4.50. The zero-order valence-corrected chi connectivity index (χ0v) is 11.8. The Morgan fingerprint density at radius 3 is 2.68 bits per heavy atom. The highest BCUT2D eigenvalue weighted by atomic mass is 16.2. The van der Waals surface area contributed by atoms with Gasteiger partial charge < -0.3 is 10.2 Å². The monoisotopic (exact) mass is 258 g/mol. The third kappa shape index (κ3) is 2.39. The van der Waals surface area contributed by atoms with Gasteiger partial charge in [-0.1, -0.05) is 12.1 Å². The summed E-state index contributed by atoms with van der Waals surface area (Å²) >= 11 is 0. The van der Waals surface area contributed by atoms with E-state index in [-0.39, 0.29) is 6.04 Å². The average Bonchev–Trinajstić information content (AvgIpc) is 2.93. The summed E-state index contributed by atoms with van der Waals surface area (Å²) in [6.45, 7) is 6.95. The Morgan fingerprint density at radius 1 is 1.26 bits per heavy atom. The van der Waals surface area contributed by atoms with E-state index in [4.69, 9.17) is 0 Å². The summed E-state index contributed by atoms with van der Waals surface area (Å²) in [6.07, 6.45) is 3.11. The van der Waals surface area contributed by atoms with Gasteiger partial charge in [0, 0.05) is 13.1 Å². The Hall–Kier alpha value is -1.35. The van der Waals surface area contributed by atoms with Crippen LogP contribution in [0.4, 0.5) is 0 Å². The van der Waals surface area contributed by atoms with E-state index in [2.05, 4.69) is 31.3 Å². The number of nitrogens with one attached hydrogen (secondary N) is 1. The molecule has 1 amide bonds. The first-order chi connectivity index (χ1) is 9.15. The molecular formula is C16H22N2O. The van der Waals surface area contributed by atoms with Crippen LogP contribution in [0.1, 0.15) is 35.1 Å². The molecule has 1 aromatic rings. The van der Waals surface area contributed by atoms with Crippen molar-refractivity contribution in [1.29, 1.82) is 0 Å². The van der Waals surface area contributed by atoms with Gasteiger partial charge in [0.2, 0.25) is 5.91 Å². The number of aryl methyl sites for hydroxylation is 2. The number of rotatable bonds is 1. The van der Waals surface area contributed by atoms with Crippen molar-refractivity contribution in [3.05, 3.63) is 34.4 Å². The van der Waals surface area contributed by atoms with E-state index >= 15 is 0 Å². The minimum absolute atomic E-state index is 0.0631. The maximum Gasteiger partial charge on any atom is 0.240 e. The number of benzene rings is 1. The highest BCUT2D eigenvalue weighted by Gasteiger charge is 2.29. The second kappa shape index (κ2) is 4.97. The van der Waals surface area contributed by atoms with Crippen LogP contribution in [0.3, 0.4) is 0 Å². The zero-order chi connectivity index (χ0) is 13.4. The molecule has 19 heavy (non-hydrogen) atoms. The molecule has 1 aromatic carbocycles. The average molecular weight is 258 g/mol. The van der Waals surface area contributed by atoms with Crippen molar-refractivity contribution >= 4 is 5.91 Å². The van der Waals surface area contributed by atoms with Crippen molar-refractivity contribution in [1.82, 2.24) is 10.2 Å². The van der Waals surface area contributed by atoms with Crippen molar-refractivity contribution in [3.63, 3.8) is 0 Å². The highest BCUT2D eigenvalue weighted by Crippen LogP contribution is 2.24. The van der Waals surface area contributed by atoms with E-state index in [1.807, 2.05) is 4.90 Å². The van der Waals surface area contributed by atoms with Gasteiger partial charge in [0.25, 0.3) is 0 Å². The minimum atomic E-state index is 0.0631. The molecule has 0 spiro atoms. The molecule has 0 saturated carbocycles. The van der Waals surface area contributed by atoms with Crippen molar-refractivity contribution in [2.45, 2.75) is 45.7 Å². The second-order valence-electron chi connectivity index (χ2n) is 5.86. The molecule has 3 nitrogen and oxygen atoms in total. The summed E-state index contributed by atoms with van der Waals surface area (Å²) in [6, 6.07) is 4.61. The Kier molecular flexibility index (Phi) is 3.31. The molecule has 3 rings (SSSR count). The summed E-state index contributed by atoms with van der Waals surface area (Å²) < 4.78 is 0. The fourth-order valence-corrected chi connectivity index (χ4v) is 3.16. The zero-order valence-electron chi connectivity index (χ0n) is 11.8. The molecule has 1 atom stereocenters. The summed E-state index contributed by atoms with van der Waals surface area (Å²) in [7, 11) is 0. The lowest BCUT2D eigenvalue weighted by molar-refractivity contribution is -0.134. The van der Waals surface area contributed by atoms with Crippen LogP contribution in [0.2, 0.25) is 0 Å². The predicted molar refractivity (Wildman–Crippen MR) is 76.1 cm³/mol. The molecule has 1 saturated heterocycles. The van der Waals surface area contributed by atoms with Crippen molar-refractivity contribution in [2.24, 2.45) is 0 Å². The summed E-state index contributed by atoms with van der Waals surface area (Å²) in [4.78, 5) is 14.5. The van der Waals surface area contributed by atoms with Gasteiger partial charge in [-0.2, -0.15) is 0 Å². The van der Waals surface area contributed by atoms with E-state index < -0.39 is 0 Å². The number of amides is 1. The molecule has 0 radical (unpaired) electrons. The number of hydrogen-bond acceptors (Lipinski definition) is 2. The van der Waals surface area contributed by atoms with Crippen LogP contribution in [-0.2, 0) is 17.8 Å². The van der Waals surface area contributed by atoms with E-state index in [1.165, 1.54) is 22.3 Å². The Morgan fingerprint density at radius 2 is 2.00 bits per heavy atom. The van der Waals surface area contributed by atoms with Crippen LogP contribution < -0.4 is 5.32 Å². The molecule has 2 aliphatic rings. The van der Waals surface area contributed by atoms with Gasteiger partial charge in [-0.05, 0) is 61.9 Å². The maximum atomic E-state index is 12.4. The number of hydrogen-bond donors (Lipinski definition) is 1.